The van der Waals surface area contributed by atoms with E-state index in [0.717, 1.165) is 5.56 Å². The average molecular weight is 567 g/mol. The standard InChI is InChI=1S/C30H29F3N4O4/c1-17(23-5-3-2-4-18(23)6-8-20-14-30(20,32)33)35-29(41)26-13-22(38)16-37(26)27(39)15-34-28(40)25-10-7-19-12-21(31)9-11-24(19)36-25/h2-12,17,20,22,26,38H,13-16H2,1H3,(H,34,40)(H,35,41)/b8-6+/t17-,20?,22+,26-/m0/s1. The van der Waals surface area contributed by atoms with Crippen molar-refractivity contribution < 1.29 is 32.7 Å². The first-order valence-electron chi connectivity index (χ1n) is 13.3. The predicted molar refractivity (Wildman–Crippen MR) is 145 cm³/mol. The first kappa shape index (κ1) is 28.3. The summed E-state index contributed by atoms with van der Waals surface area (Å²) in [4.78, 5) is 44.3. The smallest absolute Gasteiger partial charge is 0.270 e. The van der Waals surface area contributed by atoms with Crippen LogP contribution in [0.5, 0.6) is 0 Å². The molecule has 8 nitrogen and oxygen atoms in total. The number of carbonyl (C=O) groups is 3. The molecule has 1 saturated heterocycles. The number of hydrogen-bond donors (Lipinski definition) is 3. The van der Waals surface area contributed by atoms with Crippen LogP contribution in [-0.2, 0) is 9.59 Å². The summed E-state index contributed by atoms with van der Waals surface area (Å²) in [5.74, 6) is -5.54. The number of hydrogen-bond acceptors (Lipinski definition) is 5. The zero-order valence-corrected chi connectivity index (χ0v) is 22.2. The highest BCUT2D eigenvalue weighted by Crippen LogP contribution is 2.49. The quantitative estimate of drug-likeness (QED) is 0.386. The number of nitrogens with zero attached hydrogens (tertiary/aromatic N) is 2. The van der Waals surface area contributed by atoms with Crippen LogP contribution < -0.4 is 10.6 Å². The molecule has 41 heavy (non-hydrogen) atoms. The first-order chi connectivity index (χ1) is 19.5. The molecule has 4 atom stereocenters. The second kappa shape index (κ2) is 11.3. The molecule has 5 rings (SSSR count). The summed E-state index contributed by atoms with van der Waals surface area (Å²) in [5.41, 5.74) is 1.87. The molecule has 1 unspecified atom stereocenters. The number of likely N-dealkylation sites (tertiary alicyclic amines) is 1. The van der Waals surface area contributed by atoms with Crippen molar-refractivity contribution in [2.24, 2.45) is 5.92 Å². The van der Waals surface area contributed by atoms with Crippen molar-refractivity contribution in [1.29, 1.82) is 0 Å². The van der Waals surface area contributed by atoms with Crippen molar-refractivity contribution >= 4 is 34.7 Å². The van der Waals surface area contributed by atoms with Gasteiger partial charge in [-0.15, -0.1) is 0 Å². The molecule has 3 amide bonds. The fourth-order valence-corrected chi connectivity index (χ4v) is 5.02. The Morgan fingerprint density at radius 1 is 1.17 bits per heavy atom. The number of amides is 3. The highest BCUT2D eigenvalue weighted by atomic mass is 19.3. The lowest BCUT2D eigenvalue weighted by Gasteiger charge is -2.26. The number of rotatable bonds is 8. The van der Waals surface area contributed by atoms with Crippen molar-refractivity contribution in [3.05, 3.63) is 83.3 Å². The molecule has 0 radical (unpaired) electrons. The Morgan fingerprint density at radius 3 is 2.68 bits per heavy atom. The maximum Gasteiger partial charge on any atom is 0.270 e. The maximum atomic E-state index is 13.4. The topological polar surface area (TPSA) is 112 Å². The van der Waals surface area contributed by atoms with E-state index >= 15 is 0 Å². The normalized spacial score (nSPS) is 22.1. The van der Waals surface area contributed by atoms with Crippen LogP contribution in [0, 0.1) is 11.7 Å². The number of nitrogens with one attached hydrogen (secondary N) is 2. The van der Waals surface area contributed by atoms with Crippen molar-refractivity contribution in [1.82, 2.24) is 20.5 Å². The van der Waals surface area contributed by atoms with Gasteiger partial charge < -0.3 is 20.6 Å². The molecule has 3 N–H and O–H groups in total. The summed E-state index contributed by atoms with van der Waals surface area (Å²) in [5, 5.41) is 16.1. The Kier molecular flexibility index (Phi) is 7.81. The maximum absolute atomic E-state index is 13.4. The number of halogens is 3. The Balaban J connectivity index is 1.20. The lowest BCUT2D eigenvalue weighted by molar-refractivity contribution is -0.138. The Labute approximate surface area is 234 Å². The molecule has 2 aromatic carbocycles. The molecule has 11 heteroatoms. The van der Waals surface area contributed by atoms with Crippen LogP contribution in [0.3, 0.4) is 0 Å². The Bertz CT molecular complexity index is 1530. The van der Waals surface area contributed by atoms with Crippen LogP contribution in [0.15, 0.2) is 60.7 Å². The van der Waals surface area contributed by atoms with E-state index in [1.807, 2.05) is 0 Å². The number of fused-ring (bicyclic) bond motifs is 1. The highest BCUT2D eigenvalue weighted by Gasteiger charge is 2.55. The van der Waals surface area contributed by atoms with Gasteiger partial charge in [0.25, 0.3) is 11.8 Å². The number of pyridine rings is 1. The van der Waals surface area contributed by atoms with Gasteiger partial charge in [0.1, 0.15) is 17.6 Å². The number of aliphatic hydroxyl groups is 1. The Morgan fingerprint density at radius 2 is 1.93 bits per heavy atom. The van der Waals surface area contributed by atoms with E-state index in [2.05, 4.69) is 15.6 Å². The molecule has 3 aromatic rings. The summed E-state index contributed by atoms with van der Waals surface area (Å²) in [6, 6.07) is 12.6. The number of alkyl halides is 2. The minimum absolute atomic E-state index is 0.0271. The van der Waals surface area contributed by atoms with Gasteiger partial charge in [-0.2, -0.15) is 0 Å². The number of allylic oxidation sites excluding steroid dienone is 1. The zero-order valence-electron chi connectivity index (χ0n) is 22.2. The van der Waals surface area contributed by atoms with Crippen LogP contribution >= 0.6 is 0 Å². The molecule has 2 fully saturated rings. The number of β-amino-alcohol motifs (C(OH)–C–C–N with tert-alkyl or cyclic N) is 1. The van der Waals surface area contributed by atoms with E-state index in [4.69, 9.17) is 0 Å². The molecule has 2 heterocycles. The van der Waals surface area contributed by atoms with Gasteiger partial charge >= 0.3 is 0 Å². The van der Waals surface area contributed by atoms with Crippen molar-refractivity contribution in [3.63, 3.8) is 0 Å². The summed E-state index contributed by atoms with van der Waals surface area (Å²) in [6.45, 7) is 1.25. The van der Waals surface area contributed by atoms with E-state index in [1.54, 1.807) is 43.3 Å². The molecule has 1 aliphatic carbocycles. The number of aromatic nitrogens is 1. The molecular formula is C30H29F3N4O4. The van der Waals surface area contributed by atoms with Crippen LogP contribution in [0.1, 0.15) is 47.4 Å². The largest absolute Gasteiger partial charge is 0.391 e. The minimum atomic E-state index is -2.67. The van der Waals surface area contributed by atoms with E-state index in [-0.39, 0.29) is 25.1 Å². The van der Waals surface area contributed by atoms with Gasteiger partial charge in [-0.25, -0.2) is 18.2 Å². The second-order valence-corrected chi connectivity index (χ2v) is 10.5. The summed E-state index contributed by atoms with van der Waals surface area (Å²) in [6.07, 6.45) is 2.04. The zero-order chi connectivity index (χ0) is 29.3. The van der Waals surface area contributed by atoms with Gasteiger partial charge in [0.05, 0.1) is 24.2 Å². The third-order valence-corrected chi connectivity index (χ3v) is 7.39. The summed E-state index contributed by atoms with van der Waals surface area (Å²) >= 11 is 0. The fraction of sp³-hybridized carbons (Fsp3) is 0.333. The average Bonchev–Trinajstić information content (AvgIpc) is 3.36. The predicted octanol–water partition coefficient (Wildman–Crippen LogP) is 3.61. The molecule has 1 aromatic heterocycles. The van der Waals surface area contributed by atoms with Crippen molar-refractivity contribution in [3.8, 4) is 0 Å². The minimum Gasteiger partial charge on any atom is -0.391 e. The molecule has 214 valence electrons. The van der Waals surface area contributed by atoms with Gasteiger partial charge in [0, 0.05) is 30.7 Å². The molecular weight excluding hydrogens is 537 g/mol. The Hall–Kier alpha value is -4.25. The third-order valence-electron chi connectivity index (χ3n) is 7.39. The monoisotopic (exact) mass is 566 g/mol. The van der Waals surface area contributed by atoms with Gasteiger partial charge in [-0.3, -0.25) is 14.4 Å². The third kappa shape index (κ3) is 6.40. The molecule has 1 aliphatic heterocycles. The SMILES string of the molecule is C[C@H](NC(=O)[C@@H]1C[C@@H](O)CN1C(=O)CNC(=O)c1ccc2cc(F)ccc2n1)c1ccccc1/C=C/C1CC1(F)F. The first-order valence-corrected chi connectivity index (χ1v) is 13.3. The molecule has 0 spiro atoms. The van der Waals surface area contributed by atoms with Gasteiger partial charge in [-0.1, -0.05) is 42.5 Å². The van der Waals surface area contributed by atoms with E-state index in [0.29, 0.717) is 16.5 Å². The summed E-state index contributed by atoms with van der Waals surface area (Å²) in [7, 11) is 0. The van der Waals surface area contributed by atoms with Gasteiger partial charge in [-0.05, 0) is 42.3 Å². The second-order valence-electron chi connectivity index (χ2n) is 10.5. The number of aliphatic hydroxyl groups excluding tert-OH is 1. The fourth-order valence-electron chi connectivity index (χ4n) is 5.02. The lowest BCUT2D eigenvalue weighted by atomic mass is 10.00. The highest BCUT2D eigenvalue weighted by molar-refractivity contribution is 5.97. The van der Waals surface area contributed by atoms with Gasteiger partial charge in [0.2, 0.25) is 11.8 Å². The molecule has 0 bridgehead atoms. The van der Waals surface area contributed by atoms with Crippen LogP contribution in [0.2, 0.25) is 0 Å². The van der Waals surface area contributed by atoms with E-state index in [1.165, 1.54) is 35.2 Å². The van der Waals surface area contributed by atoms with Crippen LogP contribution in [0.25, 0.3) is 17.0 Å². The van der Waals surface area contributed by atoms with Gasteiger partial charge in [0.15, 0.2) is 0 Å². The lowest BCUT2D eigenvalue weighted by Crippen LogP contribution is -2.49. The summed E-state index contributed by atoms with van der Waals surface area (Å²) < 4.78 is 40.0. The van der Waals surface area contributed by atoms with E-state index in [9.17, 15) is 32.7 Å². The molecule has 1 saturated carbocycles. The number of carbonyl (C=O) groups excluding carboxylic acids is 3. The van der Waals surface area contributed by atoms with Crippen molar-refractivity contribution in [2.45, 2.75) is 43.9 Å². The van der Waals surface area contributed by atoms with Crippen LogP contribution in [0.4, 0.5) is 13.2 Å². The van der Waals surface area contributed by atoms with Crippen molar-refractivity contribution in [2.75, 3.05) is 13.1 Å². The van der Waals surface area contributed by atoms with E-state index < -0.39 is 60.1 Å². The number of benzene rings is 2. The van der Waals surface area contributed by atoms with Crippen LogP contribution in [-0.4, -0.2) is 63.9 Å². The molecule has 2 aliphatic rings.